The quantitative estimate of drug-likeness (QED) is 0.444. The zero-order valence-electron chi connectivity index (χ0n) is 17.3. The summed E-state index contributed by atoms with van der Waals surface area (Å²) in [6.07, 6.45) is 4.34. The third-order valence-electron chi connectivity index (χ3n) is 5.60. The molecule has 0 radical (unpaired) electrons. The molecule has 2 atom stereocenters. The molecule has 0 saturated carbocycles. The molecule has 1 aliphatic carbocycles. The van der Waals surface area contributed by atoms with Gasteiger partial charge in [-0.3, -0.25) is 9.45 Å². The van der Waals surface area contributed by atoms with Crippen molar-refractivity contribution < 1.29 is 13.0 Å². The first-order valence-corrected chi connectivity index (χ1v) is 12.5. The van der Waals surface area contributed by atoms with Crippen LogP contribution >= 0.6 is 11.8 Å². The first kappa shape index (κ1) is 21.2. The number of likely N-dealkylation sites (N-methyl/N-ethyl adjacent to an activating group) is 1. The fourth-order valence-corrected chi connectivity index (χ4v) is 5.53. The summed E-state index contributed by atoms with van der Waals surface area (Å²) in [5.41, 5.74) is 5.76. The average molecular weight is 443 g/mol. The highest BCUT2D eigenvalue weighted by molar-refractivity contribution is 7.99. The Hall–Kier alpha value is -2.06. The van der Waals surface area contributed by atoms with Crippen LogP contribution in [0.25, 0.3) is 10.9 Å². The number of hydrogen-bond donors (Lipinski definition) is 2. The highest BCUT2D eigenvalue weighted by Gasteiger charge is 2.36. The Bertz CT molecular complexity index is 1190. The van der Waals surface area contributed by atoms with Gasteiger partial charge in [-0.05, 0) is 49.7 Å². The van der Waals surface area contributed by atoms with Crippen LogP contribution in [0.2, 0.25) is 0 Å². The van der Waals surface area contributed by atoms with E-state index < -0.39 is 10.1 Å². The standard InChI is InChI=1S/C22H22N2S.CH4O3S/c1-14-11-17-16-9-6-10-19-21(16)18(12-20(17)24(2)13-14)22(23-19)25-15-7-4-3-5-8-15;1-5(2,3)4/h3-11,17,20,23H,12-13H2,1-2H3;1H3,(H,2,3,4)/t17-,20-;/m1./s1. The van der Waals surface area contributed by atoms with E-state index in [1.165, 1.54) is 37.5 Å². The topological polar surface area (TPSA) is 73.4 Å². The molecule has 0 saturated heterocycles. The Morgan fingerprint density at radius 1 is 1.13 bits per heavy atom. The van der Waals surface area contributed by atoms with E-state index in [4.69, 9.17) is 4.55 Å². The molecule has 2 N–H and O–H groups in total. The van der Waals surface area contributed by atoms with E-state index >= 15 is 0 Å². The lowest BCUT2D eigenvalue weighted by Gasteiger charge is -2.41. The van der Waals surface area contributed by atoms with Gasteiger partial charge < -0.3 is 4.98 Å². The van der Waals surface area contributed by atoms with Crippen LogP contribution in [-0.4, -0.2) is 48.7 Å². The van der Waals surface area contributed by atoms with E-state index in [1.807, 2.05) is 11.8 Å². The van der Waals surface area contributed by atoms with Crippen molar-refractivity contribution in [3.8, 4) is 0 Å². The van der Waals surface area contributed by atoms with Gasteiger partial charge in [0, 0.05) is 34.3 Å². The van der Waals surface area contributed by atoms with Crippen LogP contribution in [0.5, 0.6) is 0 Å². The molecule has 158 valence electrons. The summed E-state index contributed by atoms with van der Waals surface area (Å²) in [7, 11) is -1.39. The second-order valence-electron chi connectivity index (χ2n) is 8.08. The van der Waals surface area contributed by atoms with Crippen molar-refractivity contribution in [1.82, 2.24) is 9.88 Å². The number of aromatic nitrogens is 1. The SMILES string of the molecule is CC1=C[C@@H]2c3cccc4[nH]c(Sc5ccccc5)c(c34)C[C@H]2N(C)C1.CS(=O)(=O)O. The number of aromatic amines is 1. The second-order valence-corrected chi connectivity index (χ2v) is 10.6. The summed E-state index contributed by atoms with van der Waals surface area (Å²) in [6.45, 7) is 3.34. The van der Waals surface area contributed by atoms with Gasteiger partial charge in [-0.2, -0.15) is 8.42 Å². The molecule has 0 amide bonds. The van der Waals surface area contributed by atoms with E-state index in [0.29, 0.717) is 18.2 Å². The monoisotopic (exact) mass is 442 g/mol. The van der Waals surface area contributed by atoms with E-state index in [9.17, 15) is 8.42 Å². The maximum atomic E-state index is 9.19. The number of hydrogen-bond acceptors (Lipinski definition) is 4. The van der Waals surface area contributed by atoms with E-state index in [0.717, 1.165) is 13.0 Å². The molecule has 5 nitrogen and oxygen atoms in total. The van der Waals surface area contributed by atoms with Gasteiger partial charge in [-0.25, -0.2) is 0 Å². The van der Waals surface area contributed by atoms with Gasteiger partial charge in [0.1, 0.15) is 0 Å². The minimum atomic E-state index is -3.67. The number of nitrogens with zero attached hydrogens (tertiary/aromatic N) is 1. The predicted molar refractivity (Wildman–Crippen MR) is 123 cm³/mol. The van der Waals surface area contributed by atoms with Gasteiger partial charge in [0.15, 0.2) is 0 Å². The molecule has 30 heavy (non-hydrogen) atoms. The fraction of sp³-hybridized carbons (Fsp3) is 0.304. The normalized spacial score (nSPS) is 20.9. The maximum absolute atomic E-state index is 9.19. The van der Waals surface area contributed by atoms with Crippen LogP contribution in [0, 0.1) is 0 Å². The second kappa shape index (κ2) is 8.23. The molecule has 7 heteroatoms. The van der Waals surface area contributed by atoms with Crippen LogP contribution in [0.15, 0.2) is 70.1 Å². The molecule has 0 bridgehead atoms. The summed E-state index contributed by atoms with van der Waals surface area (Å²) < 4.78 is 25.9. The average Bonchev–Trinajstić information content (AvgIpc) is 3.01. The third-order valence-corrected chi connectivity index (χ3v) is 6.66. The molecule has 2 aliphatic rings. The van der Waals surface area contributed by atoms with E-state index in [1.54, 1.807) is 0 Å². The van der Waals surface area contributed by atoms with Crippen molar-refractivity contribution >= 4 is 32.8 Å². The molecule has 2 heterocycles. The number of rotatable bonds is 2. The van der Waals surface area contributed by atoms with Crippen LogP contribution in [0.4, 0.5) is 0 Å². The minimum absolute atomic E-state index is 0.514. The molecular formula is C23H26N2O3S2. The van der Waals surface area contributed by atoms with Crippen molar-refractivity contribution in [2.24, 2.45) is 0 Å². The van der Waals surface area contributed by atoms with Crippen LogP contribution in [0.1, 0.15) is 24.0 Å². The zero-order chi connectivity index (χ0) is 21.5. The lowest BCUT2D eigenvalue weighted by atomic mass is 9.77. The van der Waals surface area contributed by atoms with Gasteiger partial charge in [-0.1, -0.05) is 53.7 Å². The molecule has 0 fully saturated rings. The Morgan fingerprint density at radius 2 is 1.83 bits per heavy atom. The van der Waals surface area contributed by atoms with Gasteiger partial charge in [-0.15, -0.1) is 0 Å². The van der Waals surface area contributed by atoms with Crippen molar-refractivity contribution in [3.63, 3.8) is 0 Å². The van der Waals surface area contributed by atoms with Crippen molar-refractivity contribution in [2.75, 3.05) is 19.8 Å². The molecule has 5 rings (SSSR count). The highest BCUT2D eigenvalue weighted by Crippen LogP contribution is 2.45. The predicted octanol–water partition coefficient (Wildman–Crippen LogP) is 4.72. The fourth-order valence-electron chi connectivity index (χ4n) is 4.53. The zero-order valence-corrected chi connectivity index (χ0v) is 18.9. The number of fused-ring (bicyclic) bond motifs is 2. The molecule has 3 aromatic rings. The Balaban J connectivity index is 0.000000393. The van der Waals surface area contributed by atoms with Crippen molar-refractivity contribution in [3.05, 3.63) is 71.3 Å². The highest BCUT2D eigenvalue weighted by atomic mass is 32.2. The van der Waals surface area contributed by atoms with E-state index in [-0.39, 0.29) is 0 Å². The Kier molecular flexibility index (Phi) is 5.81. The molecular weight excluding hydrogens is 416 g/mol. The summed E-state index contributed by atoms with van der Waals surface area (Å²) in [5.74, 6) is 0.514. The number of nitrogens with one attached hydrogen (secondary N) is 1. The van der Waals surface area contributed by atoms with Crippen molar-refractivity contribution in [2.45, 2.75) is 35.2 Å². The van der Waals surface area contributed by atoms with Crippen LogP contribution in [0.3, 0.4) is 0 Å². The molecule has 2 aromatic carbocycles. The largest absolute Gasteiger partial charge is 0.349 e. The molecule has 0 unspecified atom stereocenters. The summed E-state index contributed by atoms with van der Waals surface area (Å²) in [5, 5.41) is 2.77. The first-order valence-electron chi connectivity index (χ1n) is 9.87. The van der Waals surface area contributed by atoms with Crippen LogP contribution < -0.4 is 0 Å². The Labute approximate surface area is 181 Å². The van der Waals surface area contributed by atoms with E-state index in [2.05, 4.69) is 78.5 Å². The Morgan fingerprint density at radius 3 is 2.53 bits per heavy atom. The lowest BCUT2D eigenvalue weighted by molar-refractivity contribution is 0.224. The number of H-pyrrole nitrogens is 1. The lowest BCUT2D eigenvalue weighted by Crippen LogP contribution is -2.43. The number of benzene rings is 2. The molecule has 0 spiro atoms. The van der Waals surface area contributed by atoms with Crippen molar-refractivity contribution in [1.29, 1.82) is 0 Å². The van der Waals surface area contributed by atoms with Gasteiger partial charge in [0.05, 0.1) is 11.3 Å². The summed E-state index contributed by atoms with van der Waals surface area (Å²) in [6, 6.07) is 18.0. The van der Waals surface area contributed by atoms with Gasteiger partial charge in [0.2, 0.25) is 0 Å². The van der Waals surface area contributed by atoms with Gasteiger partial charge in [0.25, 0.3) is 10.1 Å². The summed E-state index contributed by atoms with van der Waals surface area (Å²) >= 11 is 1.86. The molecule has 1 aromatic heterocycles. The third kappa shape index (κ3) is 4.49. The maximum Gasteiger partial charge on any atom is 0.261 e. The van der Waals surface area contributed by atoms with Crippen LogP contribution in [-0.2, 0) is 16.5 Å². The first-order chi connectivity index (χ1) is 14.2. The molecule has 1 aliphatic heterocycles. The van der Waals surface area contributed by atoms with Gasteiger partial charge >= 0.3 is 0 Å². The summed E-state index contributed by atoms with van der Waals surface area (Å²) in [4.78, 5) is 7.53. The minimum Gasteiger partial charge on any atom is -0.349 e. The smallest absolute Gasteiger partial charge is 0.261 e.